The van der Waals surface area contributed by atoms with Crippen molar-refractivity contribution in [2.24, 2.45) is 0 Å². The smallest absolute Gasteiger partial charge is 0.121 e. The molecule has 0 aromatic heterocycles. The van der Waals surface area contributed by atoms with E-state index in [0.29, 0.717) is 6.10 Å². The molecular weight excluding hydrogens is 240 g/mol. The number of rotatable bonds is 4. The van der Waals surface area contributed by atoms with Crippen molar-refractivity contribution in [1.29, 1.82) is 0 Å². The largest absolute Gasteiger partial charge is 0.489 e. The highest BCUT2D eigenvalue weighted by atomic mass is 16.5. The zero-order valence-corrected chi connectivity index (χ0v) is 11.3. The first-order valence-corrected chi connectivity index (χ1v) is 7.16. The summed E-state index contributed by atoms with van der Waals surface area (Å²) in [4.78, 5) is 2.45. The van der Waals surface area contributed by atoms with E-state index in [4.69, 9.17) is 15.2 Å². The summed E-state index contributed by atoms with van der Waals surface area (Å²) in [6, 6.07) is 7.68. The van der Waals surface area contributed by atoms with Crippen molar-refractivity contribution in [1.82, 2.24) is 4.90 Å². The summed E-state index contributed by atoms with van der Waals surface area (Å²) in [6.07, 6.45) is 4.22. The van der Waals surface area contributed by atoms with Gasteiger partial charge >= 0.3 is 0 Å². The molecule has 2 unspecified atom stereocenters. The molecule has 0 amide bonds. The first-order chi connectivity index (χ1) is 9.29. The minimum atomic E-state index is 0.281. The molecule has 2 N–H and O–H groups in total. The van der Waals surface area contributed by atoms with Gasteiger partial charge < -0.3 is 15.2 Å². The summed E-state index contributed by atoms with van der Waals surface area (Å²) >= 11 is 0. The van der Waals surface area contributed by atoms with Gasteiger partial charge in [0, 0.05) is 38.0 Å². The van der Waals surface area contributed by atoms with Gasteiger partial charge in [0.2, 0.25) is 0 Å². The highest BCUT2D eigenvalue weighted by molar-refractivity contribution is 5.43. The zero-order chi connectivity index (χ0) is 13.1. The third-order valence-corrected chi connectivity index (χ3v) is 3.88. The second-order valence-electron chi connectivity index (χ2n) is 5.50. The number of nitrogen functional groups attached to an aromatic ring is 1. The van der Waals surface area contributed by atoms with Crippen molar-refractivity contribution < 1.29 is 9.47 Å². The molecule has 2 aliphatic heterocycles. The molecular formula is C15H22N2O2. The third-order valence-electron chi connectivity index (χ3n) is 3.88. The van der Waals surface area contributed by atoms with Gasteiger partial charge in [-0.05, 0) is 31.4 Å². The Morgan fingerprint density at radius 1 is 1.37 bits per heavy atom. The van der Waals surface area contributed by atoms with Crippen molar-refractivity contribution in [3.63, 3.8) is 0 Å². The Kier molecular flexibility index (Phi) is 3.89. The lowest BCUT2D eigenvalue weighted by molar-refractivity contribution is 0.0768. The Balaban J connectivity index is 1.48. The van der Waals surface area contributed by atoms with Crippen molar-refractivity contribution in [2.45, 2.75) is 31.5 Å². The SMILES string of the molecule is Nc1cccc(OC2CCN(CC3CCCO3)C2)c1. The zero-order valence-electron chi connectivity index (χ0n) is 11.3. The van der Waals surface area contributed by atoms with Gasteiger partial charge in [-0.15, -0.1) is 0 Å². The van der Waals surface area contributed by atoms with Crippen LogP contribution < -0.4 is 10.5 Å². The molecule has 0 aliphatic carbocycles. The van der Waals surface area contributed by atoms with E-state index in [1.54, 1.807) is 0 Å². The maximum Gasteiger partial charge on any atom is 0.121 e. The molecule has 4 heteroatoms. The van der Waals surface area contributed by atoms with E-state index in [1.807, 2.05) is 24.3 Å². The fourth-order valence-electron chi connectivity index (χ4n) is 2.92. The quantitative estimate of drug-likeness (QED) is 0.842. The van der Waals surface area contributed by atoms with E-state index in [9.17, 15) is 0 Å². The van der Waals surface area contributed by atoms with Crippen LogP contribution in [0.15, 0.2) is 24.3 Å². The first-order valence-electron chi connectivity index (χ1n) is 7.16. The van der Waals surface area contributed by atoms with Crippen LogP contribution in [0.3, 0.4) is 0 Å². The minimum absolute atomic E-state index is 0.281. The molecule has 0 saturated carbocycles. The molecule has 0 radical (unpaired) electrons. The van der Waals surface area contributed by atoms with Crippen LogP contribution in [0, 0.1) is 0 Å². The van der Waals surface area contributed by atoms with Crippen LogP contribution in [0.25, 0.3) is 0 Å². The van der Waals surface area contributed by atoms with Gasteiger partial charge in [-0.2, -0.15) is 0 Å². The Hall–Kier alpha value is -1.26. The number of nitrogens with zero attached hydrogens (tertiary/aromatic N) is 1. The molecule has 2 heterocycles. The summed E-state index contributed by atoms with van der Waals surface area (Å²) in [6.45, 7) is 4.08. The molecule has 1 aromatic carbocycles. The van der Waals surface area contributed by atoms with Crippen LogP contribution >= 0.6 is 0 Å². The third kappa shape index (κ3) is 3.39. The van der Waals surface area contributed by atoms with Crippen LogP contribution in [0.2, 0.25) is 0 Å². The first kappa shape index (κ1) is 12.8. The molecule has 104 valence electrons. The Morgan fingerprint density at radius 3 is 3.11 bits per heavy atom. The van der Waals surface area contributed by atoms with Crippen molar-refractivity contribution in [3.8, 4) is 5.75 Å². The number of anilines is 1. The van der Waals surface area contributed by atoms with E-state index in [2.05, 4.69) is 4.90 Å². The fourth-order valence-corrected chi connectivity index (χ4v) is 2.92. The fraction of sp³-hybridized carbons (Fsp3) is 0.600. The van der Waals surface area contributed by atoms with Gasteiger partial charge in [-0.25, -0.2) is 0 Å². The maximum absolute atomic E-state index is 5.99. The molecule has 4 nitrogen and oxygen atoms in total. The Labute approximate surface area is 114 Å². The number of hydrogen-bond donors (Lipinski definition) is 1. The topological polar surface area (TPSA) is 47.7 Å². The second kappa shape index (κ2) is 5.80. The van der Waals surface area contributed by atoms with Crippen LogP contribution in [-0.2, 0) is 4.74 Å². The number of likely N-dealkylation sites (tertiary alicyclic amines) is 1. The number of ether oxygens (including phenoxy) is 2. The van der Waals surface area contributed by atoms with Crippen LogP contribution in [-0.4, -0.2) is 43.3 Å². The molecule has 2 saturated heterocycles. The normalized spacial score (nSPS) is 27.8. The van der Waals surface area contributed by atoms with Crippen LogP contribution in [0.5, 0.6) is 5.75 Å². The molecule has 2 atom stereocenters. The van der Waals surface area contributed by atoms with Crippen LogP contribution in [0.1, 0.15) is 19.3 Å². The molecule has 0 bridgehead atoms. The average Bonchev–Trinajstić information content (AvgIpc) is 3.02. The van der Waals surface area contributed by atoms with Crippen molar-refractivity contribution >= 4 is 5.69 Å². The number of benzene rings is 1. The lowest BCUT2D eigenvalue weighted by Crippen LogP contribution is -2.32. The minimum Gasteiger partial charge on any atom is -0.489 e. The molecule has 3 rings (SSSR count). The highest BCUT2D eigenvalue weighted by Crippen LogP contribution is 2.22. The van der Waals surface area contributed by atoms with E-state index in [1.165, 1.54) is 12.8 Å². The average molecular weight is 262 g/mol. The lowest BCUT2D eigenvalue weighted by Gasteiger charge is -2.20. The van der Waals surface area contributed by atoms with Crippen LogP contribution in [0.4, 0.5) is 5.69 Å². The maximum atomic E-state index is 5.99. The highest BCUT2D eigenvalue weighted by Gasteiger charge is 2.27. The molecule has 1 aromatic rings. The van der Waals surface area contributed by atoms with Gasteiger partial charge in [0.1, 0.15) is 11.9 Å². The number of hydrogen-bond acceptors (Lipinski definition) is 4. The van der Waals surface area contributed by atoms with Crippen molar-refractivity contribution in [2.75, 3.05) is 32.0 Å². The Bertz CT molecular complexity index is 418. The van der Waals surface area contributed by atoms with Crippen molar-refractivity contribution in [3.05, 3.63) is 24.3 Å². The summed E-state index contributed by atoms with van der Waals surface area (Å²) < 4.78 is 11.7. The molecule has 19 heavy (non-hydrogen) atoms. The lowest BCUT2D eigenvalue weighted by atomic mass is 10.2. The molecule has 2 fully saturated rings. The second-order valence-corrected chi connectivity index (χ2v) is 5.50. The predicted molar refractivity (Wildman–Crippen MR) is 75.3 cm³/mol. The molecule has 2 aliphatic rings. The van der Waals surface area contributed by atoms with Gasteiger partial charge in [0.25, 0.3) is 0 Å². The van der Waals surface area contributed by atoms with Gasteiger partial charge in [0.15, 0.2) is 0 Å². The van der Waals surface area contributed by atoms with Gasteiger partial charge in [-0.3, -0.25) is 4.90 Å². The summed E-state index contributed by atoms with van der Waals surface area (Å²) in [5.74, 6) is 0.879. The van der Waals surface area contributed by atoms with E-state index in [0.717, 1.165) is 44.1 Å². The molecule has 0 spiro atoms. The summed E-state index contributed by atoms with van der Waals surface area (Å²) in [5.41, 5.74) is 6.52. The van der Waals surface area contributed by atoms with E-state index < -0.39 is 0 Å². The van der Waals surface area contributed by atoms with Gasteiger partial charge in [0.05, 0.1) is 6.10 Å². The van der Waals surface area contributed by atoms with E-state index in [-0.39, 0.29) is 6.10 Å². The van der Waals surface area contributed by atoms with E-state index >= 15 is 0 Å². The standard InChI is InChI=1S/C15H22N2O2/c16-12-3-1-4-13(9-12)19-15-6-7-17(11-15)10-14-5-2-8-18-14/h1,3-4,9,14-15H,2,5-8,10-11,16H2. The Morgan fingerprint density at radius 2 is 2.32 bits per heavy atom. The predicted octanol–water partition coefficient (Wildman–Crippen LogP) is 1.90. The summed E-state index contributed by atoms with van der Waals surface area (Å²) in [7, 11) is 0. The van der Waals surface area contributed by atoms with Gasteiger partial charge in [-0.1, -0.05) is 6.07 Å². The number of nitrogens with two attached hydrogens (primary N) is 1. The monoisotopic (exact) mass is 262 g/mol. The summed E-state index contributed by atoms with van der Waals surface area (Å²) in [5, 5.41) is 0.